The van der Waals surface area contributed by atoms with Gasteiger partial charge in [0.15, 0.2) is 0 Å². The number of hydrogen-bond donors (Lipinski definition) is 0. The zero-order valence-corrected chi connectivity index (χ0v) is 12.6. The minimum atomic E-state index is -0.614. The second-order valence-electron chi connectivity index (χ2n) is 5.50. The smallest absolute Gasteiger partial charge is 0.210 e. The van der Waals surface area contributed by atoms with Crippen molar-refractivity contribution >= 4 is 5.90 Å². The molecule has 0 saturated heterocycles. The van der Waals surface area contributed by atoms with Crippen molar-refractivity contribution < 1.29 is 18.9 Å². The molecule has 0 radical (unpaired) electrons. The zero-order valence-electron chi connectivity index (χ0n) is 12.6. The lowest BCUT2D eigenvalue weighted by Gasteiger charge is -2.32. The van der Waals surface area contributed by atoms with Crippen molar-refractivity contribution in [3.05, 3.63) is 12.7 Å². The van der Waals surface area contributed by atoms with Gasteiger partial charge < -0.3 is 18.9 Å². The maximum Gasteiger partial charge on any atom is 0.210 e. The number of nitrogens with zero attached hydrogens (tertiary/aromatic N) is 1. The molecule has 0 aromatic heterocycles. The summed E-state index contributed by atoms with van der Waals surface area (Å²) in [7, 11) is 1.59. The quantitative estimate of drug-likeness (QED) is 0.501. The Morgan fingerprint density at radius 1 is 1.58 bits per heavy atom. The molecule has 0 saturated carbocycles. The van der Waals surface area contributed by atoms with Gasteiger partial charge in [0.1, 0.15) is 25.6 Å². The van der Waals surface area contributed by atoms with Crippen LogP contribution in [0.25, 0.3) is 0 Å². The third-order valence-electron chi connectivity index (χ3n) is 3.17. The van der Waals surface area contributed by atoms with Crippen LogP contribution in [0, 0.1) is 0 Å². The summed E-state index contributed by atoms with van der Waals surface area (Å²) in [5.41, 5.74) is -0.779. The largest absolute Gasteiger partial charge is 0.477 e. The Balaban J connectivity index is 2.54. The fourth-order valence-electron chi connectivity index (χ4n) is 1.63. The normalized spacial score (nSPS) is 22.3. The molecular weight excluding hydrogens is 246 g/mol. The van der Waals surface area contributed by atoms with Crippen molar-refractivity contribution in [3.8, 4) is 0 Å². The van der Waals surface area contributed by atoms with E-state index < -0.39 is 5.60 Å². The molecule has 0 fully saturated rings. The van der Waals surface area contributed by atoms with Gasteiger partial charge in [-0.1, -0.05) is 6.08 Å². The van der Waals surface area contributed by atoms with Gasteiger partial charge in [0, 0.05) is 7.11 Å². The molecule has 2 atom stereocenters. The van der Waals surface area contributed by atoms with Gasteiger partial charge in [0.25, 0.3) is 0 Å². The summed E-state index contributed by atoms with van der Waals surface area (Å²) in [5.74, 6) is 0.622. The fourth-order valence-corrected chi connectivity index (χ4v) is 1.63. The maximum atomic E-state index is 5.86. The first-order valence-electron chi connectivity index (χ1n) is 6.42. The molecule has 1 aliphatic heterocycles. The number of aliphatic imine (C=N–C) groups is 1. The average Bonchev–Trinajstić information content (AvgIpc) is 2.72. The second kappa shape index (κ2) is 6.50. The van der Waals surface area contributed by atoms with Crippen LogP contribution in [0.3, 0.4) is 0 Å². The van der Waals surface area contributed by atoms with Gasteiger partial charge in [-0.15, -0.1) is 6.58 Å². The molecule has 0 aromatic carbocycles. The molecule has 1 heterocycles. The van der Waals surface area contributed by atoms with E-state index in [0.29, 0.717) is 19.1 Å². The van der Waals surface area contributed by atoms with Crippen LogP contribution in [0.2, 0.25) is 0 Å². The highest BCUT2D eigenvalue weighted by Gasteiger charge is 2.32. The first kappa shape index (κ1) is 16.1. The molecule has 0 unspecified atom stereocenters. The number of ether oxygens (including phenoxy) is 4. The van der Waals surface area contributed by atoms with E-state index in [-0.39, 0.29) is 18.4 Å². The lowest BCUT2D eigenvalue weighted by atomic mass is 10.0. The van der Waals surface area contributed by atoms with Crippen molar-refractivity contribution in [3.63, 3.8) is 0 Å². The van der Waals surface area contributed by atoms with Crippen LogP contribution < -0.4 is 0 Å². The van der Waals surface area contributed by atoms with E-state index in [1.807, 2.05) is 27.7 Å². The van der Waals surface area contributed by atoms with Gasteiger partial charge in [0.2, 0.25) is 5.90 Å². The summed E-state index contributed by atoms with van der Waals surface area (Å²) in [6.45, 7) is 12.8. The van der Waals surface area contributed by atoms with Crippen LogP contribution in [-0.4, -0.2) is 50.3 Å². The van der Waals surface area contributed by atoms with Crippen LogP contribution in [0.4, 0.5) is 0 Å². The molecule has 0 amide bonds. The minimum absolute atomic E-state index is 0.165. The zero-order chi connectivity index (χ0) is 14.5. The van der Waals surface area contributed by atoms with Gasteiger partial charge in [0.05, 0.1) is 11.6 Å². The summed E-state index contributed by atoms with van der Waals surface area (Å²) in [4.78, 5) is 4.45. The molecule has 19 heavy (non-hydrogen) atoms. The van der Waals surface area contributed by atoms with Crippen LogP contribution in [0.5, 0.6) is 0 Å². The maximum absolute atomic E-state index is 5.86. The molecule has 0 aromatic rings. The number of hydrogen-bond acceptors (Lipinski definition) is 5. The molecule has 0 spiro atoms. The first-order valence-corrected chi connectivity index (χ1v) is 6.42. The molecule has 1 aliphatic rings. The third-order valence-corrected chi connectivity index (χ3v) is 3.17. The van der Waals surface area contributed by atoms with E-state index in [1.165, 1.54) is 0 Å². The Bertz CT molecular complexity index is 340. The summed E-state index contributed by atoms with van der Waals surface area (Å²) in [6, 6.07) is 0. The predicted molar refractivity (Wildman–Crippen MR) is 74.4 cm³/mol. The first-order chi connectivity index (χ1) is 8.83. The Kier molecular flexibility index (Phi) is 5.52. The van der Waals surface area contributed by atoms with E-state index in [9.17, 15) is 0 Å². The molecule has 1 rings (SSSR count). The van der Waals surface area contributed by atoms with Crippen molar-refractivity contribution in [1.82, 2.24) is 0 Å². The summed E-state index contributed by atoms with van der Waals surface area (Å²) in [5, 5.41) is 0. The minimum Gasteiger partial charge on any atom is -0.477 e. The van der Waals surface area contributed by atoms with E-state index in [0.717, 1.165) is 0 Å². The van der Waals surface area contributed by atoms with E-state index in [4.69, 9.17) is 18.9 Å². The highest BCUT2D eigenvalue weighted by molar-refractivity contribution is 5.79. The highest BCUT2D eigenvalue weighted by atomic mass is 16.7. The summed E-state index contributed by atoms with van der Waals surface area (Å²) < 4.78 is 21.8. The van der Waals surface area contributed by atoms with Gasteiger partial charge in [-0.2, -0.15) is 0 Å². The van der Waals surface area contributed by atoms with Crippen molar-refractivity contribution in [2.75, 3.05) is 27.1 Å². The molecule has 5 heteroatoms. The Morgan fingerprint density at radius 2 is 2.26 bits per heavy atom. The lowest BCUT2D eigenvalue weighted by molar-refractivity contribution is -0.140. The lowest BCUT2D eigenvalue weighted by Crippen LogP contribution is -2.41. The van der Waals surface area contributed by atoms with Gasteiger partial charge in [-0.25, -0.2) is 4.99 Å². The van der Waals surface area contributed by atoms with Crippen LogP contribution in [0.1, 0.15) is 27.7 Å². The molecule has 0 aliphatic carbocycles. The molecule has 0 bridgehead atoms. The highest BCUT2D eigenvalue weighted by Crippen LogP contribution is 2.22. The Hall–Kier alpha value is -0.910. The summed E-state index contributed by atoms with van der Waals surface area (Å²) >= 11 is 0. The van der Waals surface area contributed by atoms with Crippen molar-refractivity contribution in [1.29, 1.82) is 0 Å². The van der Waals surface area contributed by atoms with Gasteiger partial charge in [-0.05, 0) is 27.7 Å². The van der Waals surface area contributed by atoms with Gasteiger partial charge in [-0.3, -0.25) is 0 Å². The number of rotatable bonds is 8. The van der Waals surface area contributed by atoms with Crippen LogP contribution in [-0.2, 0) is 18.9 Å². The monoisotopic (exact) mass is 271 g/mol. The van der Waals surface area contributed by atoms with Crippen LogP contribution in [0.15, 0.2) is 17.6 Å². The van der Waals surface area contributed by atoms with E-state index in [2.05, 4.69) is 11.6 Å². The van der Waals surface area contributed by atoms with Crippen LogP contribution >= 0.6 is 0 Å². The second-order valence-corrected chi connectivity index (χ2v) is 5.50. The fraction of sp³-hybridized carbons (Fsp3) is 0.786. The third kappa shape index (κ3) is 4.60. The molecule has 0 N–H and O–H groups in total. The van der Waals surface area contributed by atoms with Gasteiger partial charge >= 0.3 is 0 Å². The Labute approximate surface area is 115 Å². The van der Waals surface area contributed by atoms with Crippen molar-refractivity contribution in [2.45, 2.75) is 44.9 Å². The molecule has 110 valence electrons. The Morgan fingerprint density at radius 3 is 2.74 bits per heavy atom. The average molecular weight is 271 g/mol. The number of methoxy groups -OCH3 is 1. The van der Waals surface area contributed by atoms with E-state index >= 15 is 0 Å². The van der Waals surface area contributed by atoms with Crippen molar-refractivity contribution in [2.24, 2.45) is 4.99 Å². The standard InChI is InChI=1S/C14H25NO4/c1-7-14(5,11(2)18-10-16-6)19-8-12-15-13(3,4)9-17-12/h7,11H,1,8-10H2,2-6H3/t11-,14-/m0/s1. The van der Waals surface area contributed by atoms with E-state index in [1.54, 1.807) is 13.2 Å². The summed E-state index contributed by atoms with van der Waals surface area (Å²) in [6.07, 6.45) is 1.55. The predicted octanol–water partition coefficient (Wildman–Crippen LogP) is 2.16. The topological polar surface area (TPSA) is 49.3 Å². The molecule has 5 nitrogen and oxygen atoms in total. The SMILES string of the molecule is C=C[C@](C)(OCC1=NC(C)(C)CO1)[C@H](C)OCOC. The molecular formula is C14H25NO4.